The third-order valence-corrected chi connectivity index (χ3v) is 6.46. The monoisotopic (exact) mass is 438 g/mol. The summed E-state index contributed by atoms with van der Waals surface area (Å²) in [7, 11) is 1.26. The van der Waals surface area contributed by atoms with Crippen molar-refractivity contribution in [1.82, 2.24) is 4.90 Å². The van der Waals surface area contributed by atoms with Crippen molar-refractivity contribution in [2.45, 2.75) is 19.5 Å². The molecular formula is C22H18N2O4S2. The predicted octanol–water partition coefficient (Wildman–Crippen LogP) is 3.37. The van der Waals surface area contributed by atoms with Crippen LogP contribution in [-0.4, -0.2) is 40.2 Å². The smallest absolute Gasteiger partial charge is 0.328 e. The summed E-state index contributed by atoms with van der Waals surface area (Å²) in [4.78, 5) is 41.7. The summed E-state index contributed by atoms with van der Waals surface area (Å²) in [5.74, 6) is -1.28. The number of methoxy groups -OCH3 is 1. The number of rotatable bonds is 4. The molecule has 4 rings (SSSR count). The van der Waals surface area contributed by atoms with Crippen LogP contribution in [0.5, 0.6) is 0 Å². The first kappa shape index (κ1) is 20.3. The Kier molecular flexibility index (Phi) is 5.44. The van der Waals surface area contributed by atoms with Crippen LogP contribution in [0.3, 0.4) is 0 Å². The van der Waals surface area contributed by atoms with Crippen LogP contribution in [0.2, 0.25) is 0 Å². The van der Waals surface area contributed by atoms with Gasteiger partial charge in [0, 0.05) is 5.56 Å². The molecule has 30 heavy (non-hydrogen) atoms. The van der Waals surface area contributed by atoms with Gasteiger partial charge >= 0.3 is 5.97 Å². The summed E-state index contributed by atoms with van der Waals surface area (Å²) < 4.78 is 4.98. The number of hydrogen-bond acceptors (Lipinski definition) is 6. The van der Waals surface area contributed by atoms with Gasteiger partial charge in [-0.15, -0.1) is 0 Å². The summed E-state index contributed by atoms with van der Waals surface area (Å²) in [6.45, 7) is 1.94. The van der Waals surface area contributed by atoms with Crippen LogP contribution >= 0.6 is 24.0 Å². The Labute approximate surface area is 183 Å². The second-order valence-electron chi connectivity index (χ2n) is 6.84. The summed E-state index contributed by atoms with van der Waals surface area (Å²) in [6.07, 6.45) is 0. The van der Waals surface area contributed by atoms with Crippen molar-refractivity contribution in [2.75, 3.05) is 12.0 Å². The van der Waals surface area contributed by atoms with Gasteiger partial charge in [-0.3, -0.25) is 14.5 Å². The fraction of sp³-hybridized carbons (Fsp3) is 0.182. The lowest BCUT2D eigenvalue weighted by molar-refractivity contribution is -0.147. The number of hydrogen-bond donors (Lipinski definition) is 0. The van der Waals surface area contributed by atoms with Crippen molar-refractivity contribution in [1.29, 1.82) is 0 Å². The van der Waals surface area contributed by atoms with Crippen molar-refractivity contribution < 1.29 is 19.1 Å². The minimum absolute atomic E-state index is 0.229. The number of carbonyl (C=O) groups is 3. The molecule has 0 bridgehead atoms. The number of thiocarbonyl (C=S) groups is 1. The molecule has 6 nitrogen and oxygen atoms in total. The molecular weight excluding hydrogens is 420 g/mol. The second kappa shape index (κ2) is 8.04. The topological polar surface area (TPSA) is 66.9 Å². The van der Waals surface area contributed by atoms with E-state index in [1.54, 1.807) is 11.8 Å². The van der Waals surface area contributed by atoms with E-state index in [-0.39, 0.29) is 15.1 Å². The Morgan fingerprint density at radius 2 is 1.73 bits per heavy atom. The largest absolute Gasteiger partial charge is 0.467 e. The average Bonchev–Trinajstić information content (AvgIpc) is 3.20. The molecule has 2 aliphatic heterocycles. The van der Waals surface area contributed by atoms with Crippen LogP contribution in [0, 0.1) is 0 Å². The first-order valence-corrected chi connectivity index (χ1v) is 10.5. The van der Waals surface area contributed by atoms with Crippen LogP contribution in [0.1, 0.15) is 18.1 Å². The van der Waals surface area contributed by atoms with Gasteiger partial charge in [-0.05, 0) is 18.6 Å². The molecule has 0 aliphatic carbocycles. The molecule has 2 amide bonds. The van der Waals surface area contributed by atoms with Crippen molar-refractivity contribution in [2.24, 2.45) is 0 Å². The Hall–Kier alpha value is -2.97. The molecule has 1 saturated heterocycles. The maximum absolute atomic E-state index is 13.4. The van der Waals surface area contributed by atoms with Gasteiger partial charge in [0.2, 0.25) is 0 Å². The van der Waals surface area contributed by atoms with E-state index in [2.05, 4.69) is 0 Å². The van der Waals surface area contributed by atoms with Gasteiger partial charge in [0.05, 0.1) is 29.8 Å². The third-order valence-electron chi connectivity index (χ3n) is 5.06. The van der Waals surface area contributed by atoms with Gasteiger partial charge in [-0.1, -0.05) is 72.5 Å². The number of benzene rings is 2. The normalized spacial score (nSPS) is 19.3. The molecule has 0 spiro atoms. The maximum atomic E-state index is 13.4. The molecule has 152 valence electrons. The van der Waals surface area contributed by atoms with E-state index in [4.69, 9.17) is 17.0 Å². The van der Waals surface area contributed by atoms with E-state index >= 15 is 0 Å². The van der Waals surface area contributed by atoms with E-state index in [0.29, 0.717) is 17.7 Å². The molecule has 0 unspecified atom stereocenters. The number of amides is 2. The summed E-state index contributed by atoms with van der Waals surface area (Å²) in [5, 5.41) is 0. The number of fused-ring (bicyclic) bond motifs is 1. The molecule has 8 heteroatoms. The van der Waals surface area contributed by atoms with Gasteiger partial charge in [-0.2, -0.15) is 0 Å². The number of anilines is 1. The van der Waals surface area contributed by atoms with Gasteiger partial charge in [-0.25, -0.2) is 4.79 Å². The summed E-state index contributed by atoms with van der Waals surface area (Å²) in [6, 6.07) is 16.2. The summed E-state index contributed by atoms with van der Waals surface area (Å²) >= 11 is 6.39. The van der Waals surface area contributed by atoms with Crippen molar-refractivity contribution >= 4 is 57.3 Å². The lowest BCUT2D eigenvalue weighted by Gasteiger charge is -2.20. The van der Waals surface area contributed by atoms with Crippen LogP contribution in [0.4, 0.5) is 5.69 Å². The maximum Gasteiger partial charge on any atom is 0.328 e. The minimum Gasteiger partial charge on any atom is -0.467 e. The Morgan fingerprint density at radius 3 is 2.43 bits per heavy atom. The third kappa shape index (κ3) is 3.32. The number of ether oxygens (including phenoxy) is 1. The zero-order chi connectivity index (χ0) is 21.4. The molecule has 2 heterocycles. The highest BCUT2D eigenvalue weighted by atomic mass is 32.2. The molecule has 2 aromatic carbocycles. The van der Waals surface area contributed by atoms with E-state index in [1.165, 1.54) is 12.0 Å². The van der Waals surface area contributed by atoms with E-state index in [0.717, 1.165) is 23.0 Å². The van der Waals surface area contributed by atoms with Crippen LogP contribution in [0.15, 0.2) is 59.5 Å². The van der Waals surface area contributed by atoms with Crippen LogP contribution in [-0.2, 0) is 25.7 Å². The minimum atomic E-state index is -0.868. The molecule has 1 fully saturated rings. The average molecular weight is 439 g/mol. The highest BCUT2D eigenvalue weighted by molar-refractivity contribution is 8.26. The first-order valence-electron chi connectivity index (χ1n) is 9.26. The predicted molar refractivity (Wildman–Crippen MR) is 120 cm³/mol. The summed E-state index contributed by atoms with van der Waals surface area (Å²) in [5.41, 5.74) is 2.73. The molecule has 0 saturated carbocycles. The molecule has 0 N–H and O–H groups in total. The highest BCUT2D eigenvalue weighted by Gasteiger charge is 2.44. The van der Waals surface area contributed by atoms with Gasteiger partial charge < -0.3 is 9.64 Å². The zero-order valence-corrected chi connectivity index (χ0v) is 18.0. The molecule has 1 atom stereocenters. The zero-order valence-electron chi connectivity index (χ0n) is 16.3. The number of thioether (sulfide) groups is 1. The quantitative estimate of drug-likeness (QED) is 0.414. The standard InChI is InChI=1S/C22H18N2O4S2/c1-13(21(27)28-2)24-20(26)18(30-22(24)29)17-15-10-6-7-11-16(15)23(19(17)25)12-14-8-4-3-5-9-14/h3-11,13H,12H2,1-2H3/b18-17-/t13-/m1/s1. The Balaban J connectivity index is 1.76. The molecule has 0 aromatic heterocycles. The van der Waals surface area contributed by atoms with Crippen LogP contribution in [0.25, 0.3) is 5.57 Å². The van der Waals surface area contributed by atoms with E-state index < -0.39 is 17.9 Å². The van der Waals surface area contributed by atoms with Crippen molar-refractivity contribution in [3.8, 4) is 0 Å². The van der Waals surface area contributed by atoms with Crippen molar-refractivity contribution in [3.63, 3.8) is 0 Å². The van der Waals surface area contributed by atoms with E-state index in [1.807, 2.05) is 54.6 Å². The molecule has 0 radical (unpaired) electrons. The fourth-order valence-corrected chi connectivity index (χ4v) is 5.05. The van der Waals surface area contributed by atoms with Crippen molar-refractivity contribution in [3.05, 3.63) is 70.6 Å². The van der Waals surface area contributed by atoms with Gasteiger partial charge in [0.1, 0.15) is 10.4 Å². The Morgan fingerprint density at radius 1 is 1.07 bits per heavy atom. The molecule has 2 aliphatic rings. The van der Waals surface area contributed by atoms with Gasteiger partial charge in [0.25, 0.3) is 11.8 Å². The first-order chi connectivity index (χ1) is 14.4. The number of esters is 1. The van der Waals surface area contributed by atoms with E-state index in [9.17, 15) is 14.4 Å². The Bertz CT molecular complexity index is 1100. The molecule has 2 aromatic rings. The fourth-order valence-electron chi connectivity index (χ4n) is 3.56. The lowest BCUT2D eigenvalue weighted by Crippen LogP contribution is -2.42. The second-order valence-corrected chi connectivity index (χ2v) is 8.48. The number of para-hydroxylation sites is 1. The lowest BCUT2D eigenvalue weighted by atomic mass is 10.1. The highest BCUT2D eigenvalue weighted by Crippen LogP contribution is 2.45. The number of nitrogens with zero attached hydrogens (tertiary/aromatic N) is 2. The SMILES string of the molecule is COC(=O)[C@@H](C)N1C(=O)/C(=C2/C(=O)N(Cc3ccccc3)c3ccccc32)SC1=S. The van der Waals surface area contributed by atoms with Crippen LogP contribution < -0.4 is 4.90 Å². The van der Waals surface area contributed by atoms with Gasteiger partial charge in [0.15, 0.2) is 0 Å². The number of carbonyl (C=O) groups excluding carboxylic acids is 3.